The van der Waals surface area contributed by atoms with Crippen LogP contribution in [0.25, 0.3) is 33.3 Å². The minimum atomic E-state index is -0.392. The van der Waals surface area contributed by atoms with Crippen molar-refractivity contribution < 1.29 is 13.9 Å². The first-order valence-electron chi connectivity index (χ1n) is 10.9. The highest BCUT2D eigenvalue weighted by atomic mass is 79.9. The number of fused-ring (bicyclic) bond motifs is 2. The summed E-state index contributed by atoms with van der Waals surface area (Å²) >= 11 is 15.2. The van der Waals surface area contributed by atoms with E-state index in [2.05, 4.69) is 31.5 Å². The van der Waals surface area contributed by atoms with Gasteiger partial charge in [0.25, 0.3) is 5.91 Å². The summed E-state index contributed by atoms with van der Waals surface area (Å²) in [6, 6.07) is 20.5. The summed E-state index contributed by atoms with van der Waals surface area (Å²) in [5.41, 5.74) is 4.04. The van der Waals surface area contributed by atoms with Crippen LogP contribution in [0.2, 0.25) is 5.02 Å². The fraction of sp³-hybridized carbons (Fsp3) is 0.0741. The van der Waals surface area contributed by atoms with Crippen LogP contribution < -0.4 is 15.4 Å². The van der Waals surface area contributed by atoms with Gasteiger partial charge in [0, 0.05) is 16.3 Å². The molecule has 1 aromatic heterocycles. The average molecular weight is 581 g/mol. The first-order valence-corrected chi connectivity index (χ1v) is 12.5. The number of nitrogens with one attached hydrogen (secondary N) is 2. The van der Waals surface area contributed by atoms with Gasteiger partial charge < -0.3 is 14.5 Å². The number of aromatic nitrogens is 1. The highest BCUT2D eigenvalue weighted by molar-refractivity contribution is 9.10. The lowest BCUT2D eigenvalue weighted by molar-refractivity contribution is 0.0975. The lowest BCUT2D eigenvalue weighted by atomic mass is 10.1. The van der Waals surface area contributed by atoms with Crippen molar-refractivity contribution in [2.45, 2.75) is 6.92 Å². The molecule has 0 radical (unpaired) electrons. The highest BCUT2D eigenvalue weighted by Gasteiger charge is 2.19. The maximum absolute atomic E-state index is 13.1. The van der Waals surface area contributed by atoms with Crippen LogP contribution in [0.5, 0.6) is 5.75 Å². The number of halogens is 2. The Hall–Kier alpha value is -3.46. The molecule has 0 aliphatic rings. The molecule has 6 nitrogen and oxygen atoms in total. The van der Waals surface area contributed by atoms with Crippen molar-refractivity contribution in [2.24, 2.45) is 0 Å². The van der Waals surface area contributed by atoms with Gasteiger partial charge in [-0.2, -0.15) is 0 Å². The molecule has 0 aliphatic carbocycles. The Morgan fingerprint density at radius 1 is 1.11 bits per heavy atom. The Bertz CT molecular complexity index is 1670. The van der Waals surface area contributed by atoms with Crippen LogP contribution in [-0.2, 0) is 0 Å². The quantitative estimate of drug-likeness (QED) is 0.214. The number of carbonyl (C=O) groups excluding carboxylic acids is 1. The van der Waals surface area contributed by atoms with Crippen LogP contribution in [0.4, 0.5) is 5.69 Å². The predicted octanol–water partition coefficient (Wildman–Crippen LogP) is 7.51. The molecule has 1 heterocycles. The summed E-state index contributed by atoms with van der Waals surface area (Å²) in [5, 5.41) is 8.39. The Morgan fingerprint density at radius 2 is 1.92 bits per heavy atom. The predicted molar refractivity (Wildman–Crippen MR) is 151 cm³/mol. The summed E-state index contributed by atoms with van der Waals surface area (Å²) in [6.07, 6.45) is 0. The molecule has 5 rings (SSSR count). The normalized spacial score (nSPS) is 11.0. The van der Waals surface area contributed by atoms with Crippen molar-refractivity contribution in [1.29, 1.82) is 0 Å². The van der Waals surface area contributed by atoms with Crippen LogP contribution in [0.1, 0.15) is 15.9 Å². The van der Waals surface area contributed by atoms with Gasteiger partial charge in [0.1, 0.15) is 11.3 Å². The number of hydrogen-bond donors (Lipinski definition) is 2. The standard InChI is InChI=1S/C27H19BrClN3O3S/c1-14-7-8-16(12-20(14)29)26-31-21-13-17(9-10-22(21)35-26)30-27(36)32-25(33)19-11-15-5-3-4-6-18(15)23(28)24(19)34-2/h3-13H,1-2H3,(H2,30,32,33,36). The van der Waals surface area contributed by atoms with Crippen LogP contribution in [-0.4, -0.2) is 23.1 Å². The van der Waals surface area contributed by atoms with Crippen molar-refractivity contribution in [3.63, 3.8) is 0 Å². The van der Waals surface area contributed by atoms with Crippen molar-refractivity contribution in [3.05, 3.63) is 87.4 Å². The van der Waals surface area contributed by atoms with Gasteiger partial charge >= 0.3 is 0 Å². The number of aryl methyl sites for hydroxylation is 1. The maximum atomic E-state index is 13.1. The molecule has 36 heavy (non-hydrogen) atoms. The minimum absolute atomic E-state index is 0.139. The molecule has 180 valence electrons. The minimum Gasteiger partial charge on any atom is -0.495 e. The number of amides is 1. The number of thiocarbonyl (C=S) groups is 1. The monoisotopic (exact) mass is 579 g/mol. The smallest absolute Gasteiger partial charge is 0.261 e. The van der Waals surface area contributed by atoms with E-state index >= 15 is 0 Å². The molecule has 2 N–H and O–H groups in total. The molecule has 9 heteroatoms. The van der Waals surface area contributed by atoms with Gasteiger partial charge in [-0.1, -0.05) is 41.9 Å². The van der Waals surface area contributed by atoms with E-state index in [1.54, 1.807) is 24.3 Å². The van der Waals surface area contributed by atoms with E-state index in [9.17, 15) is 4.79 Å². The van der Waals surface area contributed by atoms with Crippen molar-refractivity contribution in [1.82, 2.24) is 10.3 Å². The van der Waals surface area contributed by atoms with Gasteiger partial charge in [0.15, 0.2) is 10.7 Å². The first kappa shape index (κ1) is 24.2. The molecule has 5 aromatic rings. The molecule has 0 aliphatic heterocycles. The molecule has 0 saturated carbocycles. The van der Waals surface area contributed by atoms with E-state index in [1.807, 2.05) is 49.4 Å². The van der Waals surface area contributed by atoms with Gasteiger partial charge in [0.2, 0.25) is 5.89 Å². The molecule has 0 unspecified atom stereocenters. The lowest BCUT2D eigenvalue weighted by Gasteiger charge is -2.14. The molecular formula is C27H19BrClN3O3S. The number of benzene rings is 4. The van der Waals surface area contributed by atoms with E-state index in [-0.39, 0.29) is 5.11 Å². The van der Waals surface area contributed by atoms with Crippen molar-refractivity contribution in [3.8, 4) is 17.2 Å². The summed E-state index contributed by atoms with van der Waals surface area (Å²) in [6.45, 7) is 1.94. The molecule has 1 amide bonds. The number of rotatable bonds is 4. The number of ether oxygens (including phenoxy) is 1. The van der Waals surface area contributed by atoms with Gasteiger partial charge in [-0.05, 0) is 87.8 Å². The first-order chi connectivity index (χ1) is 17.3. The third kappa shape index (κ3) is 4.67. The summed E-state index contributed by atoms with van der Waals surface area (Å²) in [4.78, 5) is 17.6. The molecule has 0 saturated heterocycles. The van der Waals surface area contributed by atoms with E-state index < -0.39 is 5.91 Å². The third-order valence-electron chi connectivity index (χ3n) is 5.68. The number of hydrogen-bond acceptors (Lipinski definition) is 5. The zero-order valence-corrected chi connectivity index (χ0v) is 22.3. The Balaban J connectivity index is 1.35. The SMILES string of the molecule is COc1c(C(=O)NC(=S)Nc2ccc3oc(-c4ccc(C)c(Cl)c4)nc3c2)cc2ccccc2c1Br. The maximum Gasteiger partial charge on any atom is 0.261 e. The molecule has 0 fully saturated rings. The van der Waals surface area contributed by atoms with Gasteiger partial charge in [-0.3, -0.25) is 10.1 Å². The summed E-state index contributed by atoms with van der Waals surface area (Å²) < 4.78 is 12.1. The molecule has 0 atom stereocenters. The summed E-state index contributed by atoms with van der Waals surface area (Å²) in [7, 11) is 1.52. The lowest BCUT2D eigenvalue weighted by Crippen LogP contribution is -2.34. The topological polar surface area (TPSA) is 76.4 Å². The second-order valence-corrected chi connectivity index (χ2v) is 9.67. The van der Waals surface area contributed by atoms with Gasteiger partial charge in [-0.15, -0.1) is 0 Å². The fourth-order valence-corrected chi connectivity index (χ4v) is 4.97. The van der Waals surface area contributed by atoms with E-state index in [0.29, 0.717) is 43.5 Å². The van der Waals surface area contributed by atoms with Gasteiger partial charge in [-0.25, -0.2) is 4.98 Å². The van der Waals surface area contributed by atoms with E-state index in [0.717, 1.165) is 21.9 Å². The molecule has 0 bridgehead atoms. The highest BCUT2D eigenvalue weighted by Crippen LogP contribution is 2.36. The average Bonchev–Trinajstić information content (AvgIpc) is 3.29. The third-order valence-corrected chi connectivity index (χ3v) is 7.08. The zero-order chi connectivity index (χ0) is 25.4. The van der Waals surface area contributed by atoms with Crippen molar-refractivity contribution in [2.75, 3.05) is 12.4 Å². The van der Waals surface area contributed by atoms with Gasteiger partial charge in [0.05, 0.1) is 17.1 Å². The number of anilines is 1. The fourth-order valence-electron chi connectivity index (χ4n) is 3.84. The number of carbonyl (C=O) groups is 1. The Labute approximate surface area is 225 Å². The second-order valence-electron chi connectivity index (χ2n) is 8.07. The molecule has 0 spiro atoms. The van der Waals surface area contributed by atoms with Crippen LogP contribution >= 0.6 is 39.7 Å². The Morgan fingerprint density at radius 3 is 2.69 bits per heavy atom. The molecule has 4 aromatic carbocycles. The number of oxazole rings is 1. The van der Waals surface area contributed by atoms with Crippen molar-refractivity contribution >= 4 is 78.3 Å². The van der Waals surface area contributed by atoms with Crippen LogP contribution in [0, 0.1) is 6.92 Å². The van der Waals surface area contributed by atoms with Crippen LogP contribution in [0.15, 0.2) is 75.6 Å². The number of methoxy groups -OCH3 is 1. The summed E-state index contributed by atoms with van der Waals surface area (Å²) in [5.74, 6) is 0.507. The second kappa shape index (κ2) is 9.89. The largest absolute Gasteiger partial charge is 0.495 e. The molecular weight excluding hydrogens is 562 g/mol. The number of nitrogens with zero attached hydrogens (tertiary/aromatic N) is 1. The Kier molecular flexibility index (Phi) is 6.66. The van der Waals surface area contributed by atoms with E-state index in [1.165, 1.54) is 7.11 Å². The zero-order valence-electron chi connectivity index (χ0n) is 19.2. The van der Waals surface area contributed by atoms with Crippen LogP contribution in [0.3, 0.4) is 0 Å². The van der Waals surface area contributed by atoms with E-state index in [4.69, 9.17) is 33.0 Å².